The van der Waals surface area contributed by atoms with Crippen LogP contribution in [0.5, 0.6) is 0 Å². The molecule has 0 aliphatic carbocycles. The Morgan fingerprint density at radius 3 is 0.806 bits per heavy atom. The van der Waals surface area contributed by atoms with E-state index in [0.717, 1.165) is 54.9 Å². The van der Waals surface area contributed by atoms with Gasteiger partial charge in [0.2, 0.25) is 0 Å². The molecular weight excluding hydrogens is 2190 g/mol. The maximum absolute atomic E-state index is 15.0. The predicted octanol–water partition coefficient (Wildman–Crippen LogP) is -2.85. The third-order valence-corrected chi connectivity index (χ3v) is 34.9. The third-order valence-electron chi connectivity index (χ3n) is 23.8. The highest BCUT2D eigenvalue weighted by molar-refractivity contribution is 8.32. The Bertz CT molecular complexity index is 7400. The molecule has 0 spiro atoms. The number of hydrogen-bond acceptors (Lipinski definition) is 53. The first-order chi connectivity index (χ1) is 67.8. The Balaban J connectivity index is 0.605. The van der Waals surface area contributed by atoms with Gasteiger partial charge in [-0.05, 0) is 41.0 Å². The molecule has 28 atom stereocenters. The molecule has 788 valence electrons. The molecule has 0 aromatic carbocycles. The lowest BCUT2D eigenvalue weighted by Crippen LogP contribution is -2.35. The number of aryl methyl sites for hydroxylation is 5. The van der Waals surface area contributed by atoms with Gasteiger partial charge in [-0.3, -0.25) is 85.4 Å². The normalized spacial score (nSPS) is 29.7. The average Bonchev–Trinajstić information content (AvgIpc) is 1.60. The third kappa shape index (κ3) is 25.9. The zero-order valence-corrected chi connectivity index (χ0v) is 87.7. The van der Waals surface area contributed by atoms with Gasteiger partial charge in [0.1, 0.15) is 144 Å². The van der Waals surface area contributed by atoms with Crippen LogP contribution in [-0.2, 0) is 184 Å². The molecule has 7 aliphatic rings. The summed E-state index contributed by atoms with van der Waals surface area (Å²) in [4.78, 5) is 252. The maximum atomic E-state index is 15.0. The molecule has 7 unspecified atom stereocenters. The van der Waals surface area contributed by atoms with E-state index >= 15 is 0 Å². The number of fused-ring (bicyclic) bond motifs is 2. The van der Waals surface area contributed by atoms with E-state index in [1.165, 1.54) is 70.6 Å². The number of nitrogens with zero attached hydrogens (tertiary/aromatic N) is 13. The van der Waals surface area contributed by atoms with E-state index < -0.39 is 291 Å². The van der Waals surface area contributed by atoms with Crippen molar-refractivity contribution >= 4 is 164 Å². The molecule has 7 aliphatic heterocycles. The average molecular weight is 2280 g/mol. The lowest BCUT2D eigenvalue weighted by atomic mass is 10.1. The zero-order valence-electron chi connectivity index (χ0n) is 75.7. The van der Waals surface area contributed by atoms with Gasteiger partial charge in [-0.25, -0.2) is 53.9 Å². The molecule has 0 radical (unpaired) electrons. The van der Waals surface area contributed by atoms with Crippen molar-refractivity contribution in [1.29, 1.82) is 0 Å². The Morgan fingerprint density at radius 1 is 0.347 bits per heavy atom. The first-order valence-corrected chi connectivity index (χ1v) is 61.1. The summed E-state index contributed by atoms with van der Waals surface area (Å²) < 4.78 is 148. The molecule has 144 heavy (non-hydrogen) atoms. The molecule has 16 heterocycles. The van der Waals surface area contributed by atoms with Gasteiger partial charge in [-0.15, -0.1) is 0 Å². The lowest BCUT2D eigenvalue weighted by molar-refractivity contribution is -0.221. The van der Waals surface area contributed by atoms with Crippen molar-refractivity contribution in [1.82, 2.24) is 86.8 Å². The van der Waals surface area contributed by atoms with E-state index in [1.807, 2.05) is 0 Å². The second kappa shape index (κ2) is 44.4. The fourth-order valence-electron chi connectivity index (χ4n) is 16.7. The number of aromatic nitrogens is 18. The van der Waals surface area contributed by atoms with E-state index in [1.54, 1.807) is 11.5 Å². The van der Waals surface area contributed by atoms with Crippen LogP contribution in [0.1, 0.15) is 130 Å². The van der Waals surface area contributed by atoms with E-state index in [9.17, 15) is 81.9 Å². The minimum absolute atomic E-state index is 0.00720. The Hall–Kier alpha value is -6.50. The molecule has 0 saturated carbocycles. The van der Waals surface area contributed by atoms with Gasteiger partial charge in [0.15, 0.2) is 29.7 Å². The van der Waals surface area contributed by atoms with E-state index in [4.69, 9.17) is 191 Å². The molecule has 9 aromatic heterocycles. The fraction of sp³-hybridized carbons (Fsp3) is 0.583. The topological polar surface area (TPSA) is 763 Å². The molecule has 0 bridgehead atoms. The van der Waals surface area contributed by atoms with Crippen molar-refractivity contribution in [3.8, 4) is 0 Å². The highest BCUT2D eigenvalue weighted by atomic mass is 32.7. The number of ether oxygens (including phenoxy) is 7. The Morgan fingerprint density at radius 2 is 0.562 bits per heavy atom. The van der Waals surface area contributed by atoms with Gasteiger partial charge in [0, 0.05) is 111 Å². The van der Waals surface area contributed by atoms with Crippen LogP contribution in [0.15, 0.2) is 104 Å². The van der Waals surface area contributed by atoms with Gasteiger partial charge in [-0.2, -0.15) is 0 Å². The molecule has 7 fully saturated rings. The molecule has 9 aromatic rings. The predicted molar refractivity (Wildman–Crippen MR) is 507 cm³/mol. The highest BCUT2D eigenvalue weighted by Gasteiger charge is 2.49. The Labute approximate surface area is 844 Å². The maximum Gasteiger partial charge on any atom is 0.330 e. The molecule has 9 N–H and O–H groups in total. The molecule has 0 amide bonds. The van der Waals surface area contributed by atoms with E-state index in [-0.39, 0.29) is 76.3 Å². The van der Waals surface area contributed by atoms with Crippen LogP contribution < -0.4 is 97.1 Å². The summed E-state index contributed by atoms with van der Waals surface area (Å²) in [6, 6.07) is 0. The summed E-state index contributed by atoms with van der Waals surface area (Å²) in [6.07, 6.45) is -20.2. The molecule has 58 nitrogen and oxygen atoms in total. The standard InChI is InChI=1S/C72H95N20O38P7S7/c1-8-36-37(9-55(117-36)91-29-79-57-59(73)75-27-77-61(57)91)125-132(104,139)111-22-45-39(11-51(119-45)87-17-32(3)64(94)82-69(87)99)129-136(108,143)116-26-49-43(15-56(123-49)92-30-80-58-60(74)76-28-78-62(58)92)130-137(109,144)115-25-48-42(14-54(122-48)90-20-35(6)67(97)85-72(90)102)128-135(107,142)114-24-47-41(13-53(121-47)89-19-34(5)66(96)84-71(89)101)127-134(106,141)113-23-46-40(12-52(120-46)88-18-33(4)65(95)83-70(88)100)126-133(105,140)112-21-44-38(124-131(103,138)110-7)10-50(118-44)86-16-31(2)63(93)81-68(86)98/h16-20,27-30,36-56H,8-15,21-26H2,1-7H3,(H,103,138)(H,104,139)(H,105,140)(H,106,141)(H,107,142)(H,108,143)(H,109,144)(H2,73,75,77)(H2,74,76,78)(H,81,93,98)(H,82,94,99)(H,83,95,100)(H,84,96,101)(H,85,97,102)/p-7/t36-,37-,38-,39-,40-,41-,42-,43-,44-,45-,46-,47-,48-,49-,50-,51-,52-,53-,54-,55-,56-,131?,132?,133?,134?,135?,136?,137?/m1/s1. The van der Waals surface area contributed by atoms with Crippen molar-refractivity contribution in [3.63, 3.8) is 0 Å². The van der Waals surface area contributed by atoms with Crippen LogP contribution in [-0.4, -0.2) is 219 Å². The summed E-state index contributed by atoms with van der Waals surface area (Å²) in [5.74, 6) is 0.0720. The van der Waals surface area contributed by atoms with Crippen LogP contribution >= 0.6 is 47.1 Å². The number of anilines is 2. The first kappa shape index (κ1) is 110. The molecule has 7 saturated heterocycles. The molecule has 16 rings (SSSR count). The minimum Gasteiger partial charge on any atom is -0.780 e. The second-order valence-corrected chi connectivity index (χ2v) is 52.7. The summed E-state index contributed by atoms with van der Waals surface area (Å²) in [5, 5.41) is 0. The van der Waals surface area contributed by atoms with Crippen molar-refractivity contribution in [2.45, 2.75) is 222 Å². The van der Waals surface area contributed by atoms with Gasteiger partial charge in [-0.1, -0.05) is 77.8 Å². The fourth-order valence-corrected chi connectivity index (χ4v) is 26.4. The first-order valence-electron chi connectivity index (χ1n) is 43.2. The molecule has 72 heteroatoms. The van der Waals surface area contributed by atoms with Gasteiger partial charge in [0.05, 0.1) is 101 Å². The van der Waals surface area contributed by atoms with Crippen molar-refractivity contribution in [2.75, 3.05) is 58.2 Å². The van der Waals surface area contributed by atoms with Gasteiger partial charge >= 0.3 is 28.4 Å². The number of nitrogen functional groups attached to an aromatic ring is 2. The number of H-pyrrole nitrogens is 5. The summed E-state index contributed by atoms with van der Waals surface area (Å²) in [7, 11) is 1.00. The number of nitrogens with one attached hydrogen (secondary N) is 5. The number of rotatable bonds is 41. The van der Waals surface area contributed by atoms with Crippen LogP contribution in [0.2, 0.25) is 0 Å². The van der Waals surface area contributed by atoms with Crippen molar-refractivity contribution in [2.24, 2.45) is 0 Å². The summed E-state index contributed by atoms with van der Waals surface area (Å²) in [5.41, 5.74) is 4.55. The monoisotopic (exact) mass is 2280 g/mol. The number of imidazole rings is 2. The highest BCUT2D eigenvalue weighted by Crippen LogP contribution is 2.57. The quantitative estimate of drug-likeness (QED) is 0.0150. The van der Waals surface area contributed by atoms with Crippen molar-refractivity contribution < 1.29 is 130 Å². The van der Waals surface area contributed by atoms with Gasteiger partial charge in [0.25, 0.3) is 27.8 Å². The molecular formula is C72H88N20O38P7S7-7. The number of nitrogens with two attached hydrogens (primary N) is 2. The van der Waals surface area contributed by atoms with E-state index in [0.29, 0.717) is 17.6 Å². The Kier molecular flexibility index (Phi) is 34.0. The lowest BCUT2D eigenvalue weighted by Gasteiger charge is -2.36. The number of aromatic amines is 5. The van der Waals surface area contributed by atoms with Gasteiger partial charge < -0.3 is 150 Å². The second-order valence-electron chi connectivity index (χ2n) is 33.6. The number of hydrogen-bond donors (Lipinski definition) is 7. The largest absolute Gasteiger partial charge is 0.780 e. The van der Waals surface area contributed by atoms with E-state index in [2.05, 4.69) is 54.8 Å². The van der Waals surface area contributed by atoms with Crippen LogP contribution in [0.25, 0.3) is 22.3 Å². The SMILES string of the molecule is CC[C@H]1O[C@@H](n2cnc3c(N)ncnc32)C[C@H]1OP([O-])(=S)OC[C@H]1O[C@@H](n2cc(C)c(=O)[nH]c2=O)C[C@H]1OP(=O)([S-])OC[C@H]1O[C@@H](n2cnc3c(N)ncnc32)C[C@H]1OP([O-])(=S)OC[C@H]1O[C@@H](n2cc(C)c(=O)[nH]c2=O)C[C@H]1OP([O-])(=S)OC[C@H]1O[C@@H](n2cc(C)c(=O)[nH]c2=O)C[C@H]1OP([O-])(=S)OC[C@H]1O[C@@H](n2cc(C)c(=O)[nH]c2=O)C[C@H]1OP([O-])(=S)OC[C@H]1O[C@@H](n2cc(C)c(=O)[nH]c2=O)C[C@H]1OP([O-])(=S)OC. The minimum atomic E-state index is -5.09. The summed E-state index contributed by atoms with van der Waals surface area (Å²) in [6.45, 7) is -30.4. The zero-order chi connectivity index (χ0) is 104. The van der Waals surface area contributed by atoms with Crippen molar-refractivity contribution in [3.05, 3.63) is 188 Å². The summed E-state index contributed by atoms with van der Waals surface area (Å²) >= 11 is 37.8. The van der Waals surface area contributed by atoms with Crippen LogP contribution in [0.4, 0.5) is 11.6 Å². The smallest absolute Gasteiger partial charge is 0.330 e. The van der Waals surface area contributed by atoms with Crippen LogP contribution in [0.3, 0.4) is 0 Å². The van der Waals surface area contributed by atoms with Crippen LogP contribution in [0, 0.1) is 34.6 Å².